The van der Waals surface area contributed by atoms with E-state index in [-0.39, 0.29) is 24.3 Å². The standard InChI is InChI=1S/C17H15NO4/c19-11-10-14(12-17(20)13-6-2-1-3-7-13)15-8-4-5-9-16(15)18(21)22/h1-9,11,14H,10,12H2/t14-/m1/s1. The summed E-state index contributed by atoms with van der Waals surface area (Å²) in [6.45, 7) is 0. The number of nitro groups is 1. The number of aldehydes is 1. The molecule has 0 aliphatic rings. The molecule has 0 spiro atoms. The van der Waals surface area contributed by atoms with Crippen LogP contribution < -0.4 is 0 Å². The molecule has 0 bridgehead atoms. The Kier molecular flexibility index (Phi) is 5.14. The van der Waals surface area contributed by atoms with Crippen molar-refractivity contribution in [3.8, 4) is 0 Å². The molecular weight excluding hydrogens is 282 g/mol. The smallest absolute Gasteiger partial charge is 0.272 e. The number of nitro benzene ring substituents is 1. The normalized spacial score (nSPS) is 11.6. The van der Waals surface area contributed by atoms with Crippen LogP contribution in [-0.2, 0) is 4.79 Å². The first-order chi connectivity index (χ1) is 10.6. The van der Waals surface area contributed by atoms with E-state index in [4.69, 9.17) is 0 Å². The lowest BCUT2D eigenvalue weighted by molar-refractivity contribution is -0.385. The summed E-state index contributed by atoms with van der Waals surface area (Å²) >= 11 is 0. The van der Waals surface area contributed by atoms with E-state index in [1.54, 1.807) is 42.5 Å². The zero-order valence-corrected chi connectivity index (χ0v) is 11.8. The molecule has 0 unspecified atom stereocenters. The van der Waals surface area contributed by atoms with Crippen LogP contribution in [0.2, 0.25) is 0 Å². The van der Waals surface area contributed by atoms with Crippen molar-refractivity contribution in [1.82, 2.24) is 0 Å². The summed E-state index contributed by atoms with van der Waals surface area (Å²) in [5.41, 5.74) is 0.899. The van der Waals surface area contributed by atoms with E-state index in [0.29, 0.717) is 17.4 Å². The Balaban J connectivity index is 2.29. The summed E-state index contributed by atoms with van der Waals surface area (Å²) in [5.74, 6) is -0.627. The Morgan fingerprint density at radius 3 is 2.36 bits per heavy atom. The Bertz CT molecular complexity index is 682. The highest BCUT2D eigenvalue weighted by Crippen LogP contribution is 2.31. The summed E-state index contributed by atoms with van der Waals surface area (Å²) in [6, 6.07) is 14.9. The van der Waals surface area contributed by atoms with E-state index in [1.165, 1.54) is 6.07 Å². The molecule has 2 rings (SSSR count). The van der Waals surface area contributed by atoms with Gasteiger partial charge in [-0.2, -0.15) is 0 Å². The maximum Gasteiger partial charge on any atom is 0.272 e. The van der Waals surface area contributed by atoms with Gasteiger partial charge in [-0.3, -0.25) is 14.9 Å². The van der Waals surface area contributed by atoms with Gasteiger partial charge in [0.1, 0.15) is 6.29 Å². The van der Waals surface area contributed by atoms with E-state index in [9.17, 15) is 19.7 Å². The largest absolute Gasteiger partial charge is 0.303 e. The molecule has 0 aliphatic carbocycles. The third-order valence-electron chi connectivity index (χ3n) is 3.48. The molecule has 22 heavy (non-hydrogen) atoms. The number of ketones is 1. The van der Waals surface area contributed by atoms with Crippen LogP contribution in [0.3, 0.4) is 0 Å². The highest BCUT2D eigenvalue weighted by Gasteiger charge is 2.24. The van der Waals surface area contributed by atoms with Crippen molar-refractivity contribution in [2.75, 3.05) is 0 Å². The van der Waals surface area contributed by atoms with Crippen LogP contribution in [0.15, 0.2) is 54.6 Å². The molecule has 0 amide bonds. The quantitative estimate of drug-likeness (QED) is 0.339. The number of benzene rings is 2. The molecule has 0 heterocycles. The third-order valence-corrected chi connectivity index (χ3v) is 3.48. The van der Waals surface area contributed by atoms with Crippen molar-refractivity contribution in [2.24, 2.45) is 0 Å². The molecule has 0 fully saturated rings. The zero-order valence-electron chi connectivity index (χ0n) is 11.8. The minimum absolute atomic E-state index is 0.0600. The van der Waals surface area contributed by atoms with Gasteiger partial charge in [0.05, 0.1) is 4.92 Å². The lowest BCUT2D eigenvalue weighted by atomic mass is 9.88. The van der Waals surface area contributed by atoms with Gasteiger partial charge in [-0.25, -0.2) is 0 Å². The van der Waals surface area contributed by atoms with E-state index in [0.717, 1.165) is 0 Å². The number of rotatable bonds is 7. The summed E-state index contributed by atoms with van der Waals surface area (Å²) in [7, 11) is 0. The first-order valence-corrected chi connectivity index (χ1v) is 6.88. The summed E-state index contributed by atoms with van der Waals surface area (Å²) in [5, 5.41) is 11.1. The first kappa shape index (κ1) is 15.6. The Hall–Kier alpha value is -2.82. The molecule has 112 valence electrons. The number of hydrogen-bond acceptors (Lipinski definition) is 4. The first-order valence-electron chi connectivity index (χ1n) is 6.88. The summed E-state index contributed by atoms with van der Waals surface area (Å²) in [4.78, 5) is 33.8. The fourth-order valence-corrected chi connectivity index (χ4v) is 2.40. The third kappa shape index (κ3) is 3.63. The average Bonchev–Trinajstić information content (AvgIpc) is 2.55. The molecular formula is C17H15NO4. The van der Waals surface area contributed by atoms with Gasteiger partial charge in [-0.05, 0) is 0 Å². The summed E-state index contributed by atoms with van der Waals surface area (Å²) < 4.78 is 0. The topological polar surface area (TPSA) is 77.3 Å². The van der Waals surface area contributed by atoms with Gasteiger partial charge in [0.2, 0.25) is 0 Å². The van der Waals surface area contributed by atoms with Gasteiger partial charge in [0, 0.05) is 36.0 Å². The molecule has 2 aromatic rings. The van der Waals surface area contributed by atoms with Gasteiger partial charge in [0.25, 0.3) is 5.69 Å². The van der Waals surface area contributed by atoms with Gasteiger partial charge < -0.3 is 4.79 Å². The monoisotopic (exact) mass is 297 g/mol. The Labute approximate surface area is 127 Å². The molecule has 2 aromatic carbocycles. The highest BCUT2D eigenvalue weighted by atomic mass is 16.6. The molecule has 0 saturated heterocycles. The minimum atomic E-state index is -0.494. The molecule has 0 aliphatic heterocycles. The predicted molar refractivity (Wildman–Crippen MR) is 81.9 cm³/mol. The van der Waals surface area contributed by atoms with Crippen molar-refractivity contribution < 1.29 is 14.5 Å². The number of carbonyl (C=O) groups is 2. The van der Waals surface area contributed by atoms with Crippen LogP contribution in [0.4, 0.5) is 5.69 Å². The molecule has 0 saturated carbocycles. The van der Waals surface area contributed by atoms with Crippen molar-refractivity contribution in [3.63, 3.8) is 0 Å². The van der Waals surface area contributed by atoms with Crippen LogP contribution >= 0.6 is 0 Å². The van der Waals surface area contributed by atoms with Crippen LogP contribution in [-0.4, -0.2) is 17.0 Å². The van der Waals surface area contributed by atoms with Crippen molar-refractivity contribution in [2.45, 2.75) is 18.8 Å². The fourth-order valence-electron chi connectivity index (χ4n) is 2.40. The fraction of sp³-hybridized carbons (Fsp3) is 0.176. The van der Waals surface area contributed by atoms with Gasteiger partial charge in [-0.1, -0.05) is 48.5 Å². The van der Waals surface area contributed by atoms with E-state index in [1.807, 2.05) is 6.07 Å². The van der Waals surface area contributed by atoms with Crippen LogP contribution in [0.5, 0.6) is 0 Å². The van der Waals surface area contributed by atoms with Crippen LogP contribution in [0, 0.1) is 10.1 Å². The number of hydrogen-bond donors (Lipinski definition) is 0. The second-order valence-corrected chi connectivity index (χ2v) is 4.91. The van der Waals surface area contributed by atoms with Crippen LogP contribution in [0.1, 0.15) is 34.7 Å². The number of nitrogens with zero attached hydrogens (tertiary/aromatic N) is 1. The van der Waals surface area contributed by atoms with E-state index < -0.39 is 10.8 Å². The lowest BCUT2D eigenvalue weighted by Gasteiger charge is -2.14. The summed E-state index contributed by atoms with van der Waals surface area (Å²) in [6.07, 6.45) is 0.830. The predicted octanol–water partition coefficient (Wildman–Crippen LogP) is 3.54. The van der Waals surface area contributed by atoms with Crippen LogP contribution in [0.25, 0.3) is 0 Å². The van der Waals surface area contributed by atoms with E-state index in [2.05, 4.69) is 0 Å². The molecule has 5 heteroatoms. The Morgan fingerprint density at radius 1 is 1.09 bits per heavy atom. The van der Waals surface area contributed by atoms with Crippen molar-refractivity contribution >= 4 is 17.8 Å². The number of Topliss-reactive ketones (excluding diaryl/α,β-unsaturated/α-hetero) is 1. The van der Waals surface area contributed by atoms with Gasteiger partial charge >= 0.3 is 0 Å². The van der Waals surface area contributed by atoms with Gasteiger partial charge in [-0.15, -0.1) is 0 Å². The molecule has 1 atom stereocenters. The second kappa shape index (κ2) is 7.26. The van der Waals surface area contributed by atoms with Gasteiger partial charge in [0.15, 0.2) is 5.78 Å². The van der Waals surface area contributed by atoms with Crippen molar-refractivity contribution in [3.05, 3.63) is 75.8 Å². The Morgan fingerprint density at radius 2 is 1.73 bits per heavy atom. The molecule has 5 nitrogen and oxygen atoms in total. The second-order valence-electron chi connectivity index (χ2n) is 4.91. The molecule has 0 aromatic heterocycles. The van der Waals surface area contributed by atoms with Crippen molar-refractivity contribution in [1.29, 1.82) is 0 Å². The van der Waals surface area contributed by atoms with E-state index >= 15 is 0 Å². The molecule has 0 N–H and O–H groups in total. The number of para-hydroxylation sites is 1. The SMILES string of the molecule is O=CC[C@H](CC(=O)c1ccccc1)c1ccccc1[N+](=O)[O-]. The molecule has 0 radical (unpaired) electrons. The lowest BCUT2D eigenvalue weighted by Crippen LogP contribution is -2.10. The maximum absolute atomic E-state index is 12.3. The number of carbonyl (C=O) groups excluding carboxylic acids is 2. The minimum Gasteiger partial charge on any atom is -0.303 e. The maximum atomic E-state index is 12.3. The highest BCUT2D eigenvalue weighted by molar-refractivity contribution is 5.96. The average molecular weight is 297 g/mol. The zero-order chi connectivity index (χ0) is 15.9.